The van der Waals surface area contributed by atoms with Gasteiger partial charge in [0.05, 0.1) is 6.10 Å². The van der Waals surface area contributed by atoms with Crippen molar-refractivity contribution in [2.45, 2.75) is 25.9 Å². The molecule has 1 unspecified atom stereocenters. The van der Waals surface area contributed by atoms with Crippen molar-refractivity contribution in [3.05, 3.63) is 41.6 Å². The van der Waals surface area contributed by atoms with E-state index in [4.69, 9.17) is 0 Å². The van der Waals surface area contributed by atoms with E-state index in [0.29, 0.717) is 13.1 Å². The summed E-state index contributed by atoms with van der Waals surface area (Å²) in [4.78, 5) is 25.7. The van der Waals surface area contributed by atoms with Gasteiger partial charge in [-0.15, -0.1) is 0 Å². The Morgan fingerprint density at radius 1 is 1.32 bits per heavy atom. The molecule has 0 radical (unpaired) electrons. The monoisotopic (exact) mass is 300 g/mol. The van der Waals surface area contributed by atoms with Gasteiger partial charge in [0.1, 0.15) is 5.70 Å². The standard InChI is InChI=1S/C17H20N2O3/c1-12(20)18-14(9-13-5-3-2-4-6-13)16(22)19-10-15(21)17(11-19)7-8-17/h2-6,9,15,21H,7-8,10-11H2,1H3,(H,18,20)/b14-9-. The normalized spacial score (nSPS) is 22.7. The van der Waals surface area contributed by atoms with Gasteiger partial charge < -0.3 is 15.3 Å². The number of hydrogen-bond donors (Lipinski definition) is 2. The minimum Gasteiger partial charge on any atom is -0.391 e. The molecule has 22 heavy (non-hydrogen) atoms. The fraction of sp³-hybridized carbons (Fsp3) is 0.412. The summed E-state index contributed by atoms with van der Waals surface area (Å²) >= 11 is 0. The molecule has 5 nitrogen and oxygen atoms in total. The van der Waals surface area contributed by atoms with Crippen molar-refractivity contribution >= 4 is 17.9 Å². The van der Waals surface area contributed by atoms with Crippen LogP contribution in [0.4, 0.5) is 0 Å². The molecule has 1 saturated heterocycles. The Bertz CT molecular complexity index is 620. The zero-order chi connectivity index (χ0) is 15.7. The van der Waals surface area contributed by atoms with Gasteiger partial charge in [0.15, 0.2) is 0 Å². The lowest BCUT2D eigenvalue weighted by atomic mass is 10.0. The lowest BCUT2D eigenvalue weighted by molar-refractivity contribution is -0.128. The number of rotatable bonds is 3. The number of aliphatic hydroxyl groups is 1. The van der Waals surface area contributed by atoms with E-state index in [-0.39, 0.29) is 22.9 Å². The lowest BCUT2D eigenvalue weighted by Crippen LogP contribution is -2.37. The average Bonchev–Trinajstić information content (AvgIpc) is 3.19. The van der Waals surface area contributed by atoms with Crippen LogP contribution in [0.2, 0.25) is 0 Å². The first-order valence-electron chi connectivity index (χ1n) is 7.52. The van der Waals surface area contributed by atoms with Crippen LogP contribution in [0.15, 0.2) is 36.0 Å². The van der Waals surface area contributed by atoms with E-state index in [2.05, 4.69) is 5.32 Å². The van der Waals surface area contributed by atoms with Crippen molar-refractivity contribution in [3.63, 3.8) is 0 Å². The molecule has 1 heterocycles. The van der Waals surface area contributed by atoms with Crippen LogP contribution in [0.1, 0.15) is 25.3 Å². The quantitative estimate of drug-likeness (QED) is 0.823. The minimum atomic E-state index is -0.452. The summed E-state index contributed by atoms with van der Waals surface area (Å²) in [5, 5.41) is 12.7. The molecule has 116 valence electrons. The van der Waals surface area contributed by atoms with Gasteiger partial charge in [-0.25, -0.2) is 0 Å². The maximum Gasteiger partial charge on any atom is 0.270 e. The molecular formula is C17H20N2O3. The third-order valence-corrected chi connectivity index (χ3v) is 4.44. The summed E-state index contributed by atoms with van der Waals surface area (Å²) in [5.74, 6) is -0.515. The Kier molecular flexibility index (Phi) is 3.74. The van der Waals surface area contributed by atoms with Gasteiger partial charge in [-0.05, 0) is 24.5 Å². The van der Waals surface area contributed by atoms with Gasteiger partial charge in [0, 0.05) is 25.4 Å². The molecule has 0 bridgehead atoms. The topological polar surface area (TPSA) is 69.6 Å². The zero-order valence-corrected chi connectivity index (χ0v) is 12.6. The van der Waals surface area contributed by atoms with Crippen molar-refractivity contribution < 1.29 is 14.7 Å². The molecule has 2 fully saturated rings. The van der Waals surface area contributed by atoms with E-state index in [1.165, 1.54) is 6.92 Å². The molecule has 1 aromatic carbocycles. The van der Waals surface area contributed by atoms with E-state index in [9.17, 15) is 14.7 Å². The smallest absolute Gasteiger partial charge is 0.270 e. The second-order valence-electron chi connectivity index (χ2n) is 6.21. The maximum atomic E-state index is 12.7. The summed E-state index contributed by atoms with van der Waals surface area (Å²) in [6.07, 6.45) is 3.16. The zero-order valence-electron chi connectivity index (χ0n) is 12.6. The van der Waals surface area contributed by atoms with E-state index in [0.717, 1.165) is 18.4 Å². The van der Waals surface area contributed by atoms with Crippen LogP contribution in [0.5, 0.6) is 0 Å². The highest BCUT2D eigenvalue weighted by Crippen LogP contribution is 2.52. The first-order valence-corrected chi connectivity index (χ1v) is 7.52. The highest BCUT2D eigenvalue weighted by molar-refractivity contribution is 6.01. The summed E-state index contributed by atoms with van der Waals surface area (Å²) in [5.41, 5.74) is 1.01. The molecule has 2 amide bonds. The molecule has 2 aliphatic rings. The molecule has 0 aromatic heterocycles. The number of nitrogens with one attached hydrogen (secondary N) is 1. The number of β-amino-alcohol motifs (C(OH)–C–C–N with tert-alkyl or cyclic N) is 1. The van der Waals surface area contributed by atoms with Gasteiger partial charge in [-0.3, -0.25) is 9.59 Å². The Balaban J connectivity index is 1.81. The van der Waals surface area contributed by atoms with Gasteiger partial charge in [-0.1, -0.05) is 30.3 Å². The van der Waals surface area contributed by atoms with Crippen LogP contribution in [0.3, 0.4) is 0 Å². The van der Waals surface area contributed by atoms with E-state index >= 15 is 0 Å². The molecule has 2 N–H and O–H groups in total. The van der Waals surface area contributed by atoms with Gasteiger partial charge in [0.25, 0.3) is 5.91 Å². The second-order valence-corrected chi connectivity index (χ2v) is 6.21. The van der Waals surface area contributed by atoms with Crippen molar-refractivity contribution in [2.75, 3.05) is 13.1 Å². The van der Waals surface area contributed by atoms with Gasteiger partial charge in [-0.2, -0.15) is 0 Å². The summed E-state index contributed by atoms with van der Waals surface area (Å²) in [7, 11) is 0. The van der Waals surface area contributed by atoms with Gasteiger partial charge in [0.2, 0.25) is 5.91 Å². The third-order valence-electron chi connectivity index (χ3n) is 4.44. The summed E-state index contributed by atoms with van der Waals surface area (Å²) in [6.45, 7) is 2.29. The largest absolute Gasteiger partial charge is 0.391 e. The fourth-order valence-electron chi connectivity index (χ4n) is 2.99. The van der Waals surface area contributed by atoms with Crippen molar-refractivity contribution in [1.82, 2.24) is 10.2 Å². The second kappa shape index (κ2) is 5.57. The molecule has 1 spiro atoms. The highest BCUT2D eigenvalue weighted by Gasteiger charge is 2.55. The van der Waals surface area contributed by atoms with Crippen molar-refractivity contribution in [3.8, 4) is 0 Å². The van der Waals surface area contributed by atoms with E-state index < -0.39 is 6.10 Å². The van der Waals surface area contributed by atoms with E-state index in [1.807, 2.05) is 30.3 Å². The van der Waals surface area contributed by atoms with Crippen molar-refractivity contribution in [2.24, 2.45) is 5.41 Å². The number of aliphatic hydroxyl groups excluding tert-OH is 1. The lowest BCUT2D eigenvalue weighted by Gasteiger charge is -2.18. The molecule has 5 heteroatoms. The summed E-state index contributed by atoms with van der Waals surface area (Å²) < 4.78 is 0. The number of amides is 2. The third kappa shape index (κ3) is 2.90. The van der Waals surface area contributed by atoms with Crippen LogP contribution in [0, 0.1) is 5.41 Å². The first kappa shape index (κ1) is 14.8. The minimum absolute atomic E-state index is 0.0935. The molecular weight excluding hydrogens is 280 g/mol. The Morgan fingerprint density at radius 3 is 2.55 bits per heavy atom. The van der Waals surface area contributed by atoms with Crippen LogP contribution < -0.4 is 5.32 Å². The fourth-order valence-corrected chi connectivity index (χ4v) is 2.99. The number of carbonyl (C=O) groups excluding carboxylic acids is 2. The number of carbonyl (C=O) groups is 2. The molecule has 3 rings (SSSR count). The average molecular weight is 300 g/mol. The molecule has 1 aliphatic heterocycles. The first-order chi connectivity index (χ1) is 10.5. The molecule has 1 saturated carbocycles. The van der Waals surface area contributed by atoms with Gasteiger partial charge >= 0.3 is 0 Å². The van der Waals surface area contributed by atoms with Crippen LogP contribution in [0.25, 0.3) is 6.08 Å². The molecule has 1 aliphatic carbocycles. The predicted molar refractivity (Wildman–Crippen MR) is 82.5 cm³/mol. The van der Waals surface area contributed by atoms with Crippen molar-refractivity contribution in [1.29, 1.82) is 0 Å². The van der Waals surface area contributed by atoms with E-state index in [1.54, 1.807) is 11.0 Å². The SMILES string of the molecule is CC(=O)N/C(=C\c1ccccc1)C(=O)N1CC(O)C2(CC2)C1. The number of hydrogen-bond acceptors (Lipinski definition) is 3. The van der Waals surface area contributed by atoms with Crippen LogP contribution in [-0.2, 0) is 9.59 Å². The number of nitrogens with zero attached hydrogens (tertiary/aromatic N) is 1. The number of benzene rings is 1. The Hall–Kier alpha value is -2.14. The highest BCUT2D eigenvalue weighted by atomic mass is 16.3. The maximum absolute atomic E-state index is 12.7. The Morgan fingerprint density at radius 2 is 2.00 bits per heavy atom. The Labute approximate surface area is 129 Å². The molecule has 1 aromatic rings. The van der Waals surface area contributed by atoms with Crippen LogP contribution in [-0.4, -0.2) is 41.0 Å². The summed E-state index contributed by atoms with van der Waals surface area (Å²) in [6, 6.07) is 9.39. The molecule has 1 atom stereocenters. The predicted octanol–water partition coefficient (Wildman–Crippen LogP) is 1.15. The number of likely N-dealkylation sites (tertiary alicyclic amines) is 1. The van der Waals surface area contributed by atoms with Crippen LogP contribution >= 0.6 is 0 Å².